The van der Waals surface area contributed by atoms with Gasteiger partial charge in [-0.05, 0) is 42.8 Å². The highest BCUT2D eigenvalue weighted by molar-refractivity contribution is 6.30. The van der Waals surface area contributed by atoms with E-state index >= 15 is 0 Å². The number of benzene rings is 2. The van der Waals surface area contributed by atoms with Crippen LogP contribution in [0.3, 0.4) is 0 Å². The molecule has 24 heavy (non-hydrogen) atoms. The Labute approximate surface area is 146 Å². The molecular weight excluding hydrogens is 322 g/mol. The van der Waals surface area contributed by atoms with Gasteiger partial charge in [-0.15, -0.1) is 0 Å². The molecule has 3 rings (SSSR count). The zero-order valence-corrected chi connectivity index (χ0v) is 14.2. The molecule has 0 unspecified atom stereocenters. The molecular formula is C19H20ClN3O. The smallest absolute Gasteiger partial charge is 0.124 e. The molecule has 1 heterocycles. The number of aldehydes is 1. The first-order valence-corrected chi connectivity index (χ1v) is 8.48. The summed E-state index contributed by atoms with van der Waals surface area (Å²) in [4.78, 5) is 15.1. The normalized spacial score (nSPS) is 11.0. The number of nitrogens with zero attached hydrogens (tertiary/aromatic N) is 2. The summed E-state index contributed by atoms with van der Waals surface area (Å²) < 4.78 is 2.23. The van der Waals surface area contributed by atoms with Gasteiger partial charge in [0.05, 0.1) is 17.6 Å². The maximum Gasteiger partial charge on any atom is 0.124 e. The van der Waals surface area contributed by atoms with Crippen molar-refractivity contribution in [1.29, 1.82) is 0 Å². The fourth-order valence-electron chi connectivity index (χ4n) is 2.72. The second kappa shape index (κ2) is 8.08. The first-order chi connectivity index (χ1) is 11.8. The van der Waals surface area contributed by atoms with Crippen molar-refractivity contribution in [2.24, 2.45) is 0 Å². The highest BCUT2D eigenvalue weighted by atomic mass is 35.5. The van der Waals surface area contributed by atoms with E-state index in [0.717, 1.165) is 47.7 Å². The number of fused-ring (bicyclic) bond motifs is 1. The lowest BCUT2D eigenvalue weighted by Crippen LogP contribution is -2.18. The summed E-state index contributed by atoms with van der Waals surface area (Å²) in [5.41, 5.74) is 3.30. The van der Waals surface area contributed by atoms with E-state index in [1.54, 1.807) is 0 Å². The van der Waals surface area contributed by atoms with Crippen molar-refractivity contribution in [1.82, 2.24) is 14.9 Å². The summed E-state index contributed by atoms with van der Waals surface area (Å²) in [6.07, 6.45) is 2.40. The lowest BCUT2D eigenvalue weighted by molar-refractivity contribution is -0.107. The molecule has 2 aromatic carbocycles. The fraction of sp³-hybridized carbons (Fsp3) is 0.263. The van der Waals surface area contributed by atoms with Crippen molar-refractivity contribution in [2.45, 2.75) is 25.9 Å². The molecule has 0 aliphatic heterocycles. The van der Waals surface area contributed by atoms with Gasteiger partial charge in [-0.1, -0.05) is 35.9 Å². The van der Waals surface area contributed by atoms with Gasteiger partial charge in [0.15, 0.2) is 0 Å². The van der Waals surface area contributed by atoms with Crippen LogP contribution in [-0.2, 0) is 17.9 Å². The number of nitrogens with one attached hydrogen (secondary N) is 1. The van der Waals surface area contributed by atoms with Crippen LogP contribution in [0.5, 0.6) is 0 Å². The number of halogens is 1. The predicted molar refractivity (Wildman–Crippen MR) is 97.3 cm³/mol. The monoisotopic (exact) mass is 341 g/mol. The molecule has 4 nitrogen and oxygen atoms in total. The summed E-state index contributed by atoms with van der Waals surface area (Å²) in [5, 5.41) is 4.11. The Morgan fingerprint density at radius 1 is 1.12 bits per heavy atom. The summed E-state index contributed by atoms with van der Waals surface area (Å²) in [5.74, 6) is 0.997. The van der Waals surface area contributed by atoms with E-state index in [1.807, 2.05) is 42.5 Å². The third-order valence-electron chi connectivity index (χ3n) is 3.95. The van der Waals surface area contributed by atoms with Crippen molar-refractivity contribution in [3.63, 3.8) is 0 Å². The molecule has 0 aliphatic rings. The number of hydrogen-bond acceptors (Lipinski definition) is 3. The Morgan fingerprint density at radius 2 is 1.92 bits per heavy atom. The Balaban J connectivity index is 1.81. The van der Waals surface area contributed by atoms with Crippen molar-refractivity contribution in [3.8, 4) is 0 Å². The van der Waals surface area contributed by atoms with Crippen molar-refractivity contribution in [2.75, 3.05) is 6.54 Å². The average molecular weight is 342 g/mol. The van der Waals surface area contributed by atoms with Crippen LogP contribution in [0.4, 0.5) is 0 Å². The molecule has 1 N–H and O–H groups in total. The molecule has 0 radical (unpaired) electrons. The maximum atomic E-state index is 10.4. The molecule has 0 amide bonds. The number of imidazole rings is 1. The van der Waals surface area contributed by atoms with E-state index in [0.29, 0.717) is 13.0 Å². The Bertz CT molecular complexity index is 811. The number of aromatic nitrogens is 2. The summed E-state index contributed by atoms with van der Waals surface area (Å²) in [6.45, 7) is 2.24. The molecule has 0 fully saturated rings. The van der Waals surface area contributed by atoms with Gasteiger partial charge >= 0.3 is 0 Å². The quantitative estimate of drug-likeness (QED) is 0.500. The molecule has 0 atom stereocenters. The van der Waals surface area contributed by atoms with Crippen LogP contribution in [0.15, 0.2) is 48.5 Å². The topological polar surface area (TPSA) is 46.9 Å². The third-order valence-corrected chi connectivity index (χ3v) is 4.20. The van der Waals surface area contributed by atoms with Crippen LogP contribution in [0.2, 0.25) is 5.02 Å². The van der Waals surface area contributed by atoms with Crippen LogP contribution in [0, 0.1) is 0 Å². The summed E-state index contributed by atoms with van der Waals surface area (Å²) in [7, 11) is 0. The largest absolute Gasteiger partial charge is 0.322 e. The molecule has 124 valence electrons. The Morgan fingerprint density at radius 3 is 2.71 bits per heavy atom. The number of rotatable bonds is 8. The Hall–Kier alpha value is -2.17. The maximum absolute atomic E-state index is 10.4. The van der Waals surface area contributed by atoms with Gasteiger partial charge in [0.25, 0.3) is 0 Å². The Kier molecular flexibility index (Phi) is 5.62. The highest BCUT2D eigenvalue weighted by Crippen LogP contribution is 2.19. The van der Waals surface area contributed by atoms with Gasteiger partial charge in [0, 0.05) is 18.0 Å². The number of para-hydroxylation sites is 2. The third kappa shape index (κ3) is 4.02. The van der Waals surface area contributed by atoms with Crippen molar-refractivity contribution < 1.29 is 4.79 Å². The van der Waals surface area contributed by atoms with Gasteiger partial charge in [0.1, 0.15) is 12.1 Å². The summed E-state index contributed by atoms with van der Waals surface area (Å²) in [6, 6.07) is 16.1. The molecule has 0 saturated carbocycles. The number of carbonyl (C=O) groups excluding carboxylic acids is 1. The molecule has 0 spiro atoms. The fourth-order valence-corrected chi connectivity index (χ4v) is 2.85. The van der Waals surface area contributed by atoms with E-state index in [1.165, 1.54) is 5.56 Å². The van der Waals surface area contributed by atoms with Gasteiger partial charge in [-0.2, -0.15) is 0 Å². The molecule has 0 aliphatic carbocycles. The summed E-state index contributed by atoms with van der Waals surface area (Å²) >= 11 is 5.98. The molecule has 0 saturated heterocycles. The highest BCUT2D eigenvalue weighted by Gasteiger charge is 2.10. The number of unbranched alkanes of at least 4 members (excludes halogenated alkanes) is 1. The van der Waals surface area contributed by atoms with Gasteiger partial charge in [0.2, 0.25) is 0 Å². The minimum atomic E-state index is 0.591. The van der Waals surface area contributed by atoms with E-state index < -0.39 is 0 Å². The van der Waals surface area contributed by atoms with Crippen LogP contribution in [-0.4, -0.2) is 22.4 Å². The number of carbonyl (C=O) groups is 1. The standard InChI is InChI=1S/C19H20ClN3O/c20-16-9-7-15(8-10-16)14-23-18-6-2-1-5-17(18)22-19(23)13-21-11-3-4-12-24/h1-2,5-10,12,21H,3-4,11,13-14H2. The lowest BCUT2D eigenvalue weighted by Gasteiger charge is -2.10. The predicted octanol–water partition coefficient (Wildman–Crippen LogP) is 3.81. The zero-order chi connectivity index (χ0) is 16.8. The zero-order valence-electron chi connectivity index (χ0n) is 13.4. The van der Waals surface area contributed by atoms with Gasteiger partial charge < -0.3 is 14.7 Å². The van der Waals surface area contributed by atoms with Crippen molar-refractivity contribution in [3.05, 3.63) is 64.9 Å². The molecule has 0 bridgehead atoms. The minimum absolute atomic E-state index is 0.591. The van der Waals surface area contributed by atoms with E-state index in [-0.39, 0.29) is 0 Å². The SMILES string of the molecule is O=CCCCNCc1nc2ccccc2n1Cc1ccc(Cl)cc1. The van der Waals surface area contributed by atoms with E-state index in [9.17, 15) is 4.79 Å². The van der Waals surface area contributed by atoms with Crippen LogP contribution >= 0.6 is 11.6 Å². The second-order valence-corrected chi connectivity index (χ2v) is 6.15. The molecule has 3 aromatic rings. The first-order valence-electron chi connectivity index (χ1n) is 8.11. The van der Waals surface area contributed by atoms with Gasteiger partial charge in [-0.3, -0.25) is 0 Å². The van der Waals surface area contributed by atoms with Crippen LogP contribution in [0.25, 0.3) is 11.0 Å². The second-order valence-electron chi connectivity index (χ2n) is 5.72. The van der Waals surface area contributed by atoms with Gasteiger partial charge in [-0.25, -0.2) is 4.98 Å². The lowest BCUT2D eigenvalue weighted by atomic mass is 10.2. The first kappa shape index (κ1) is 16.7. The molecule has 5 heteroatoms. The van der Waals surface area contributed by atoms with E-state index in [4.69, 9.17) is 16.6 Å². The number of hydrogen-bond donors (Lipinski definition) is 1. The molecule has 1 aromatic heterocycles. The van der Waals surface area contributed by atoms with E-state index in [2.05, 4.69) is 16.0 Å². The van der Waals surface area contributed by atoms with Crippen molar-refractivity contribution >= 4 is 28.9 Å². The van der Waals surface area contributed by atoms with Crippen LogP contribution < -0.4 is 5.32 Å². The minimum Gasteiger partial charge on any atom is -0.322 e. The average Bonchev–Trinajstić information content (AvgIpc) is 2.94. The van der Waals surface area contributed by atoms with Crippen LogP contribution in [0.1, 0.15) is 24.2 Å².